The predicted molar refractivity (Wildman–Crippen MR) is 111 cm³/mol. The molecular weight excluding hydrogens is 396 g/mol. The normalized spacial score (nSPS) is 15.9. The van der Waals surface area contributed by atoms with Gasteiger partial charge in [0.05, 0.1) is 18.4 Å². The molecule has 1 N–H and O–H groups in total. The van der Waals surface area contributed by atoms with Gasteiger partial charge in [0.2, 0.25) is 5.91 Å². The number of ether oxygens (including phenoxy) is 1. The summed E-state index contributed by atoms with van der Waals surface area (Å²) in [6.45, 7) is 7.04. The third kappa shape index (κ3) is 4.41. The maximum absolute atomic E-state index is 12.6. The number of methoxy groups -OCH3 is 1. The molecule has 2 heterocycles. The Morgan fingerprint density at radius 1 is 1.39 bits per heavy atom. The Morgan fingerprint density at radius 2 is 2.18 bits per heavy atom. The number of hydrogen-bond donors (Lipinski definition) is 1. The van der Waals surface area contributed by atoms with Crippen LogP contribution in [0.15, 0.2) is 5.16 Å². The number of hydrogen-bond acceptors (Lipinski definition) is 7. The summed E-state index contributed by atoms with van der Waals surface area (Å²) in [5.74, 6) is 1.10. The molecule has 1 unspecified atom stereocenters. The van der Waals surface area contributed by atoms with Gasteiger partial charge < -0.3 is 14.6 Å². The summed E-state index contributed by atoms with van der Waals surface area (Å²) in [4.78, 5) is 26.1. The zero-order valence-electron chi connectivity index (χ0n) is 16.7. The lowest BCUT2D eigenvalue weighted by atomic mass is 9.88. The van der Waals surface area contributed by atoms with E-state index in [9.17, 15) is 9.59 Å². The van der Waals surface area contributed by atoms with Crippen molar-refractivity contribution in [3.63, 3.8) is 0 Å². The van der Waals surface area contributed by atoms with Crippen LogP contribution in [0.3, 0.4) is 0 Å². The third-order valence-corrected chi connectivity index (χ3v) is 6.97. The Hall–Kier alpha value is -1.87. The van der Waals surface area contributed by atoms with Crippen molar-refractivity contribution in [2.24, 2.45) is 5.92 Å². The molecule has 2 aromatic heterocycles. The molecule has 1 aliphatic carbocycles. The smallest absolute Gasteiger partial charge is 0.341 e. The number of rotatable bonds is 7. The summed E-state index contributed by atoms with van der Waals surface area (Å²) in [6, 6.07) is 0. The van der Waals surface area contributed by atoms with Gasteiger partial charge in [-0.2, -0.15) is 0 Å². The second-order valence-corrected chi connectivity index (χ2v) is 9.11. The van der Waals surface area contributed by atoms with Crippen LogP contribution in [-0.2, 0) is 28.9 Å². The lowest BCUT2D eigenvalue weighted by Crippen LogP contribution is -2.17. The highest BCUT2D eigenvalue weighted by atomic mass is 32.2. The predicted octanol–water partition coefficient (Wildman–Crippen LogP) is 3.70. The second-order valence-electron chi connectivity index (χ2n) is 7.07. The van der Waals surface area contributed by atoms with E-state index >= 15 is 0 Å². The van der Waals surface area contributed by atoms with E-state index < -0.39 is 0 Å². The number of fused-ring (bicyclic) bond motifs is 1. The van der Waals surface area contributed by atoms with E-state index in [4.69, 9.17) is 4.74 Å². The van der Waals surface area contributed by atoms with E-state index in [0.29, 0.717) is 16.5 Å². The number of anilines is 1. The summed E-state index contributed by atoms with van der Waals surface area (Å²) in [5.41, 5.74) is 1.56. The van der Waals surface area contributed by atoms with Crippen LogP contribution in [0.5, 0.6) is 0 Å². The molecular formula is C19H26N4O3S2. The van der Waals surface area contributed by atoms with E-state index in [1.54, 1.807) is 0 Å². The molecule has 2 aromatic rings. The molecule has 0 aromatic carbocycles. The largest absolute Gasteiger partial charge is 0.465 e. The van der Waals surface area contributed by atoms with Crippen molar-refractivity contribution >= 4 is 40.0 Å². The molecule has 0 bridgehead atoms. The summed E-state index contributed by atoms with van der Waals surface area (Å²) in [6.07, 6.45) is 3.80. The average Bonchev–Trinajstić information content (AvgIpc) is 3.19. The fourth-order valence-corrected chi connectivity index (χ4v) is 5.62. The molecule has 28 heavy (non-hydrogen) atoms. The van der Waals surface area contributed by atoms with Crippen molar-refractivity contribution in [3.05, 3.63) is 21.8 Å². The number of nitrogens with one attached hydrogen (secondary N) is 1. The minimum Gasteiger partial charge on any atom is -0.465 e. The van der Waals surface area contributed by atoms with Crippen molar-refractivity contribution in [2.45, 2.75) is 58.2 Å². The minimum atomic E-state index is -0.381. The molecule has 0 fully saturated rings. The van der Waals surface area contributed by atoms with E-state index in [-0.39, 0.29) is 17.6 Å². The average molecular weight is 423 g/mol. The first-order valence-corrected chi connectivity index (χ1v) is 11.3. The number of aryl methyl sites for hydroxylation is 1. The number of nitrogens with zero attached hydrogens (tertiary/aromatic N) is 3. The highest BCUT2D eigenvalue weighted by Crippen LogP contribution is 2.40. The second kappa shape index (κ2) is 9.09. The maximum Gasteiger partial charge on any atom is 0.341 e. The Balaban J connectivity index is 1.73. The number of aromatic nitrogens is 3. The van der Waals surface area contributed by atoms with Crippen molar-refractivity contribution in [1.82, 2.24) is 14.8 Å². The summed E-state index contributed by atoms with van der Waals surface area (Å²) >= 11 is 2.86. The molecule has 152 valence electrons. The molecule has 1 aliphatic rings. The molecule has 0 aliphatic heterocycles. The van der Waals surface area contributed by atoms with Crippen LogP contribution in [0.1, 0.15) is 53.3 Å². The minimum absolute atomic E-state index is 0.162. The van der Waals surface area contributed by atoms with Gasteiger partial charge >= 0.3 is 5.97 Å². The Bertz CT molecular complexity index is 875. The van der Waals surface area contributed by atoms with Crippen LogP contribution in [0, 0.1) is 12.8 Å². The van der Waals surface area contributed by atoms with Crippen LogP contribution in [0.2, 0.25) is 0 Å². The first-order chi connectivity index (χ1) is 13.4. The van der Waals surface area contributed by atoms with Crippen LogP contribution >= 0.6 is 23.1 Å². The monoisotopic (exact) mass is 422 g/mol. The van der Waals surface area contributed by atoms with Gasteiger partial charge in [0.15, 0.2) is 5.16 Å². The van der Waals surface area contributed by atoms with Gasteiger partial charge in [-0.15, -0.1) is 21.5 Å². The number of carbonyl (C=O) groups is 2. The number of carbonyl (C=O) groups excluding carboxylic acids is 2. The molecule has 3 rings (SSSR count). The Morgan fingerprint density at radius 3 is 2.89 bits per heavy atom. The highest BCUT2D eigenvalue weighted by Gasteiger charge is 2.29. The molecule has 7 nitrogen and oxygen atoms in total. The molecule has 1 atom stereocenters. The van der Waals surface area contributed by atoms with Gasteiger partial charge in [0, 0.05) is 11.4 Å². The number of thiophene rings is 1. The van der Waals surface area contributed by atoms with Crippen molar-refractivity contribution in [1.29, 1.82) is 0 Å². The number of amides is 1. The van der Waals surface area contributed by atoms with E-state index in [0.717, 1.165) is 48.8 Å². The highest BCUT2D eigenvalue weighted by molar-refractivity contribution is 7.99. The Kier molecular flexibility index (Phi) is 6.77. The summed E-state index contributed by atoms with van der Waals surface area (Å²) in [7, 11) is 1.38. The quantitative estimate of drug-likeness (QED) is 0.541. The van der Waals surface area contributed by atoms with Crippen LogP contribution in [0.4, 0.5) is 5.00 Å². The zero-order chi connectivity index (χ0) is 20.3. The standard InChI is InChI=1S/C19H26N4O3S2/c1-5-8-23-12(3)21-22-19(23)27-10-15(24)20-17-16(18(25)26-4)13-7-6-11(2)9-14(13)28-17/h11H,5-10H2,1-4H3,(H,20,24). The van der Waals surface area contributed by atoms with Gasteiger partial charge in [-0.25, -0.2) is 4.79 Å². The topological polar surface area (TPSA) is 86.1 Å². The third-order valence-electron chi connectivity index (χ3n) is 4.84. The van der Waals surface area contributed by atoms with Crippen LogP contribution < -0.4 is 5.32 Å². The fraction of sp³-hybridized carbons (Fsp3) is 0.579. The molecule has 9 heteroatoms. The lowest BCUT2D eigenvalue weighted by molar-refractivity contribution is -0.113. The van der Waals surface area contributed by atoms with Crippen molar-refractivity contribution in [3.8, 4) is 0 Å². The molecule has 0 saturated heterocycles. The number of thioether (sulfide) groups is 1. The van der Waals surface area contributed by atoms with Gasteiger partial charge in [-0.3, -0.25) is 4.79 Å². The van der Waals surface area contributed by atoms with Gasteiger partial charge in [0.1, 0.15) is 10.8 Å². The van der Waals surface area contributed by atoms with Crippen LogP contribution in [0.25, 0.3) is 0 Å². The fourth-order valence-electron chi connectivity index (χ4n) is 3.40. The van der Waals surface area contributed by atoms with Gasteiger partial charge in [0.25, 0.3) is 0 Å². The molecule has 0 spiro atoms. The van der Waals surface area contributed by atoms with Crippen molar-refractivity contribution in [2.75, 3.05) is 18.2 Å². The number of esters is 1. The SMILES string of the molecule is CCCn1c(C)nnc1SCC(=O)Nc1sc2c(c1C(=O)OC)CCC(C)C2. The summed E-state index contributed by atoms with van der Waals surface area (Å²) < 4.78 is 6.99. The summed E-state index contributed by atoms with van der Waals surface area (Å²) in [5, 5.41) is 12.5. The Labute approximate surface area is 173 Å². The molecule has 0 saturated carbocycles. The van der Waals surface area contributed by atoms with Gasteiger partial charge in [-0.05, 0) is 44.1 Å². The first-order valence-electron chi connectivity index (χ1n) is 9.49. The van der Waals surface area contributed by atoms with Gasteiger partial charge in [-0.1, -0.05) is 25.6 Å². The lowest BCUT2D eigenvalue weighted by Gasteiger charge is -2.18. The van der Waals surface area contributed by atoms with Crippen molar-refractivity contribution < 1.29 is 14.3 Å². The van der Waals surface area contributed by atoms with E-state index in [1.165, 1.54) is 35.1 Å². The van der Waals surface area contributed by atoms with E-state index in [2.05, 4.69) is 29.4 Å². The maximum atomic E-state index is 12.6. The first kappa shape index (κ1) is 20.9. The van der Waals surface area contributed by atoms with Crippen LogP contribution in [-0.4, -0.2) is 39.5 Å². The molecule has 0 radical (unpaired) electrons. The van der Waals surface area contributed by atoms with E-state index in [1.807, 2.05) is 11.5 Å². The zero-order valence-corrected chi connectivity index (χ0v) is 18.3. The molecule has 1 amide bonds.